The van der Waals surface area contributed by atoms with Crippen LogP contribution in [-0.2, 0) is 6.18 Å². The fraction of sp³-hybridized carbons (Fsp3) is 0.308. The number of alkyl halides is 5. The van der Waals surface area contributed by atoms with Gasteiger partial charge >= 0.3 is 12.8 Å². The summed E-state index contributed by atoms with van der Waals surface area (Å²) in [6.07, 6.45) is -3.69. The van der Waals surface area contributed by atoms with Crippen LogP contribution in [0.15, 0.2) is 30.5 Å². The van der Waals surface area contributed by atoms with Gasteiger partial charge in [0, 0.05) is 0 Å². The van der Waals surface area contributed by atoms with E-state index < -0.39 is 23.7 Å². The third kappa shape index (κ3) is 4.30. The van der Waals surface area contributed by atoms with Crippen LogP contribution in [0.4, 0.5) is 27.1 Å². The molecule has 0 saturated heterocycles. The summed E-state index contributed by atoms with van der Waals surface area (Å²) >= 11 is 0.479. The minimum absolute atomic E-state index is 0.0173. The molecule has 0 aliphatic carbocycles. The van der Waals surface area contributed by atoms with Crippen LogP contribution in [-0.4, -0.2) is 11.6 Å². The predicted molar refractivity (Wildman–Crippen MR) is 72.2 cm³/mol. The summed E-state index contributed by atoms with van der Waals surface area (Å²) in [5.74, 6) is -0.0173. The monoisotopic (exact) mass is 338 g/mol. The van der Waals surface area contributed by atoms with Crippen molar-refractivity contribution in [3.8, 4) is 5.75 Å². The zero-order chi connectivity index (χ0) is 16.3. The van der Waals surface area contributed by atoms with Gasteiger partial charge in [-0.2, -0.15) is 22.0 Å². The van der Waals surface area contributed by atoms with E-state index in [0.29, 0.717) is 16.9 Å². The molecule has 1 N–H and O–H groups in total. The molecule has 1 aromatic carbocycles. The molecule has 0 amide bonds. The molecule has 0 radical (unpaired) electrons. The molecule has 0 saturated carbocycles. The van der Waals surface area contributed by atoms with E-state index in [1.807, 2.05) is 0 Å². The minimum atomic E-state index is -4.44. The second-order valence-electron chi connectivity index (χ2n) is 4.34. The van der Waals surface area contributed by atoms with Crippen molar-refractivity contribution < 1.29 is 26.7 Å². The van der Waals surface area contributed by atoms with Crippen molar-refractivity contribution in [1.29, 1.82) is 0 Å². The molecule has 1 unspecified atom stereocenters. The van der Waals surface area contributed by atoms with Gasteiger partial charge in [0.25, 0.3) is 0 Å². The van der Waals surface area contributed by atoms with E-state index >= 15 is 0 Å². The van der Waals surface area contributed by atoms with E-state index in [-0.39, 0.29) is 10.9 Å². The molecule has 2 aromatic rings. The Bertz CT molecular complexity index is 629. The number of aromatic nitrogens is 1. The van der Waals surface area contributed by atoms with E-state index in [9.17, 15) is 22.0 Å². The highest BCUT2D eigenvalue weighted by molar-refractivity contribution is 7.15. The van der Waals surface area contributed by atoms with Gasteiger partial charge in [-0.15, -0.1) is 0 Å². The van der Waals surface area contributed by atoms with Crippen LogP contribution >= 0.6 is 11.3 Å². The Morgan fingerprint density at radius 1 is 1.27 bits per heavy atom. The van der Waals surface area contributed by atoms with Crippen molar-refractivity contribution in [1.82, 2.24) is 4.98 Å². The van der Waals surface area contributed by atoms with Crippen molar-refractivity contribution in [2.45, 2.75) is 25.8 Å². The number of halogens is 5. The number of thiazole rings is 1. The number of nitrogens with one attached hydrogen (secondary N) is 1. The first kappa shape index (κ1) is 16.5. The third-order valence-electron chi connectivity index (χ3n) is 2.71. The number of ether oxygens (including phenoxy) is 1. The van der Waals surface area contributed by atoms with E-state index in [1.54, 1.807) is 13.0 Å². The lowest BCUT2D eigenvalue weighted by molar-refractivity contribution is -0.134. The summed E-state index contributed by atoms with van der Waals surface area (Å²) in [6.45, 7) is -1.26. The number of nitrogens with zero attached hydrogens (tertiary/aromatic N) is 1. The van der Waals surface area contributed by atoms with E-state index in [0.717, 1.165) is 6.20 Å². The van der Waals surface area contributed by atoms with E-state index in [2.05, 4.69) is 15.0 Å². The molecular formula is C13H11F5N2OS. The zero-order valence-electron chi connectivity index (χ0n) is 11.2. The summed E-state index contributed by atoms with van der Waals surface area (Å²) in [7, 11) is 0. The molecule has 1 atom stereocenters. The van der Waals surface area contributed by atoms with Crippen molar-refractivity contribution in [2.24, 2.45) is 0 Å². The maximum absolute atomic E-state index is 12.5. The van der Waals surface area contributed by atoms with Gasteiger partial charge in [0.05, 0.1) is 12.2 Å². The second-order valence-corrected chi connectivity index (χ2v) is 5.38. The lowest BCUT2D eigenvalue weighted by Gasteiger charge is -2.14. The Kier molecular flexibility index (Phi) is 4.84. The van der Waals surface area contributed by atoms with Crippen LogP contribution in [0.2, 0.25) is 0 Å². The lowest BCUT2D eigenvalue weighted by atomic mass is 10.1. The highest BCUT2D eigenvalue weighted by Gasteiger charge is 2.33. The summed E-state index contributed by atoms with van der Waals surface area (Å²) in [4.78, 5) is 2.85. The fourth-order valence-electron chi connectivity index (χ4n) is 1.70. The molecular weight excluding hydrogens is 327 g/mol. The highest BCUT2D eigenvalue weighted by Crippen LogP contribution is 2.36. The normalized spacial score (nSPS) is 13.2. The number of hydrogen-bond acceptors (Lipinski definition) is 4. The van der Waals surface area contributed by atoms with Crippen LogP contribution in [0.3, 0.4) is 0 Å². The van der Waals surface area contributed by atoms with Crippen LogP contribution in [0.1, 0.15) is 23.4 Å². The number of hydrogen-bond donors (Lipinski definition) is 1. The maximum atomic E-state index is 12.5. The van der Waals surface area contributed by atoms with Gasteiger partial charge < -0.3 is 10.1 Å². The number of rotatable bonds is 5. The van der Waals surface area contributed by atoms with Gasteiger partial charge in [-0.1, -0.05) is 23.5 Å². The lowest BCUT2D eigenvalue weighted by Crippen LogP contribution is -2.07. The molecule has 0 aliphatic heterocycles. The first-order valence-corrected chi connectivity index (χ1v) is 6.91. The van der Waals surface area contributed by atoms with Crippen molar-refractivity contribution >= 4 is 16.5 Å². The molecule has 1 aromatic heterocycles. The standard InChI is InChI=1S/C13H11F5N2OS/c1-7(8-3-2-4-9(5-8)21-11(14)15)20-12-19-6-10(22-12)13(16,17)18/h2-7,11H,1H3,(H,19,20). The molecule has 120 valence electrons. The smallest absolute Gasteiger partial charge is 0.427 e. The van der Waals surface area contributed by atoms with Crippen LogP contribution < -0.4 is 10.1 Å². The zero-order valence-corrected chi connectivity index (χ0v) is 12.0. The molecule has 0 aliphatic rings. The summed E-state index contributed by atoms with van der Waals surface area (Å²) in [6, 6.07) is 5.51. The quantitative estimate of drug-likeness (QED) is 0.785. The van der Waals surface area contributed by atoms with Gasteiger partial charge in [0.1, 0.15) is 10.6 Å². The average Bonchev–Trinajstić information content (AvgIpc) is 2.86. The molecule has 0 fully saturated rings. The third-order valence-corrected chi connectivity index (χ3v) is 3.68. The van der Waals surface area contributed by atoms with Crippen LogP contribution in [0.5, 0.6) is 5.75 Å². The molecule has 2 rings (SSSR count). The van der Waals surface area contributed by atoms with Crippen LogP contribution in [0.25, 0.3) is 0 Å². The maximum Gasteiger partial charge on any atom is 0.427 e. The van der Waals surface area contributed by atoms with Gasteiger partial charge in [0.15, 0.2) is 5.13 Å². The molecule has 3 nitrogen and oxygen atoms in total. The Labute approximate surface area is 126 Å². The average molecular weight is 338 g/mol. The summed E-state index contributed by atoms with van der Waals surface area (Å²) < 4.78 is 66.1. The van der Waals surface area contributed by atoms with Gasteiger partial charge in [-0.25, -0.2) is 4.98 Å². The van der Waals surface area contributed by atoms with Gasteiger partial charge in [-0.3, -0.25) is 0 Å². The highest BCUT2D eigenvalue weighted by atomic mass is 32.1. The predicted octanol–water partition coefficient (Wildman–Crippen LogP) is 4.94. The first-order chi connectivity index (χ1) is 10.3. The van der Waals surface area contributed by atoms with E-state index in [4.69, 9.17) is 0 Å². The minimum Gasteiger partial charge on any atom is -0.435 e. The summed E-state index contributed by atoms with van der Waals surface area (Å²) in [5.41, 5.74) is 0.585. The van der Waals surface area contributed by atoms with Crippen molar-refractivity contribution in [2.75, 3.05) is 5.32 Å². The molecule has 0 bridgehead atoms. The fourth-order valence-corrected chi connectivity index (χ4v) is 2.47. The van der Waals surface area contributed by atoms with Crippen molar-refractivity contribution in [3.63, 3.8) is 0 Å². The molecule has 1 heterocycles. The van der Waals surface area contributed by atoms with E-state index in [1.165, 1.54) is 18.2 Å². The molecule has 9 heteroatoms. The summed E-state index contributed by atoms with van der Waals surface area (Å²) in [5, 5.41) is 2.89. The molecule has 0 spiro atoms. The second kappa shape index (κ2) is 6.47. The topological polar surface area (TPSA) is 34.2 Å². The van der Waals surface area contributed by atoms with Gasteiger partial charge in [0.2, 0.25) is 0 Å². The van der Waals surface area contributed by atoms with Crippen molar-refractivity contribution in [3.05, 3.63) is 40.9 Å². The van der Waals surface area contributed by atoms with Crippen LogP contribution in [0, 0.1) is 0 Å². The number of benzene rings is 1. The Morgan fingerprint density at radius 3 is 2.59 bits per heavy atom. The van der Waals surface area contributed by atoms with Gasteiger partial charge in [-0.05, 0) is 24.6 Å². The SMILES string of the molecule is CC(Nc1ncc(C(F)(F)F)s1)c1cccc(OC(F)F)c1. The Morgan fingerprint density at radius 2 is 2.00 bits per heavy atom. The largest absolute Gasteiger partial charge is 0.435 e. The molecule has 22 heavy (non-hydrogen) atoms. The first-order valence-electron chi connectivity index (χ1n) is 6.10. The number of anilines is 1. The Hall–Kier alpha value is -1.90. The Balaban J connectivity index is 2.09.